The molecule has 0 saturated heterocycles. The summed E-state index contributed by atoms with van der Waals surface area (Å²) in [5, 5.41) is 1.73. The quantitative estimate of drug-likeness (QED) is 0.673. The van der Waals surface area contributed by atoms with Crippen molar-refractivity contribution in [1.82, 2.24) is 5.32 Å². The van der Waals surface area contributed by atoms with Crippen LogP contribution in [0, 0.1) is 5.41 Å². The maximum atomic E-state index is 11.5. The first kappa shape index (κ1) is 13.4. The van der Waals surface area contributed by atoms with E-state index in [1.807, 2.05) is 0 Å². The zero-order valence-electron chi connectivity index (χ0n) is 9.82. The Hall–Kier alpha value is -0.620. The molecule has 6 heteroatoms. The van der Waals surface area contributed by atoms with Gasteiger partial charge in [-0.3, -0.25) is 4.79 Å². The molecule has 1 aliphatic carbocycles. The van der Waals surface area contributed by atoms with Gasteiger partial charge in [-0.05, 0) is 38.1 Å². The van der Waals surface area contributed by atoms with Gasteiger partial charge < -0.3 is 11.1 Å². The zero-order chi connectivity index (χ0) is 12.4. The number of nitrogens with two attached hydrogens (primary N) is 1. The molecule has 0 spiro atoms. The van der Waals surface area contributed by atoms with Gasteiger partial charge in [0.05, 0.1) is 0 Å². The van der Waals surface area contributed by atoms with Crippen LogP contribution in [0.1, 0.15) is 26.2 Å². The molecule has 94 valence electrons. The number of sulfone groups is 1. The molecule has 0 aromatic carbocycles. The van der Waals surface area contributed by atoms with E-state index in [0.29, 0.717) is 13.1 Å². The minimum atomic E-state index is -3.30. The molecule has 1 atom stereocenters. The van der Waals surface area contributed by atoms with Crippen molar-refractivity contribution < 1.29 is 13.2 Å². The lowest BCUT2D eigenvalue weighted by atomic mass is 10.0. The van der Waals surface area contributed by atoms with Crippen molar-refractivity contribution in [2.45, 2.75) is 31.4 Å². The summed E-state index contributed by atoms with van der Waals surface area (Å²) in [4.78, 5) is 11.5. The molecule has 0 heterocycles. The third-order valence-electron chi connectivity index (χ3n) is 3.28. The van der Waals surface area contributed by atoms with Gasteiger partial charge in [0, 0.05) is 12.8 Å². The van der Waals surface area contributed by atoms with Gasteiger partial charge in [0.2, 0.25) is 5.91 Å². The van der Waals surface area contributed by atoms with E-state index in [4.69, 9.17) is 5.73 Å². The van der Waals surface area contributed by atoms with E-state index in [1.165, 1.54) is 6.92 Å². The van der Waals surface area contributed by atoms with Gasteiger partial charge >= 0.3 is 0 Å². The number of nitrogens with one attached hydrogen (secondary N) is 1. The Morgan fingerprint density at radius 3 is 2.44 bits per heavy atom. The van der Waals surface area contributed by atoms with Gasteiger partial charge in [0.25, 0.3) is 0 Å². The van der Waals surface area contributed by atoms with Crippen LogP contribution in [-0.4, -0.2) is 38.9 Å². The highest BCUT2D eigenvalue weighted by molar-refractivity contribution is 7.92. The Kier molecular flexibility index (Phi) is 3.96. The highest BCUT2D eigenvalue weighted by atomic mass is 32.2. The number of carbonyl (C=O) groups excluding carboxylic acids is 1. The normalized spacial score (nSPS) is 20.2. The fraction of sp³-hybridized carbons (Fsp3) is 0.900. The molecule has 1 unspecified atom stereocenters. The van der Waals surface area contributed by atoms with Crippen LogP contribution < -0.4 is 11.1 Å². The van der Waals surface area contributed by atoms with E-state index in [-0.39, 0.29) is 5.41 Å². The summed E-state index contributed by atoms with van der Waals surface area (Å²) in [5.41, 5.74) is 5.62. The first-order chi connectivity index (χ1) is 7.31. The highest BCUT2D eigenvalue weighted by Crippen LogP contribution is 2.47. The molecule has 3 N–H and O–H groups in total. The number of hydrogen-bond acceptors (Lipinski definition) is 4. The van der Waals surface area contributed by atoms with Crippen LogP contribution in [0.25, 0.3) is 0 Å². The number of rotatable bonds is 6. The Bertz CT molecular complexity index is 360. The van der Waals surface area contributed by atoms with E-state index in [0.717, 1.165) is 25.5 Å². The van der Waals surface area contributed by atoms with Crippen molar-refractivity contribution in [2.75, 3.05) is 19.3 Å². The summed E-state index contributed by atoms with van der Waals surface area (Å²) in [7, 11) is -3.30. The van der Waals surface area contributed by atoms with Crippen molar-refractivity contribution in [3.63, 3.8) is 0 Å². The Morgan fingerprint density at radius 1 is 1.50 bits per heavy atom. The lowest BCUT2D eigenvalue weighted by Crippen LogP contribution is -2.40. The monoisotopic (exact) mass is 248 g/mol. The number of hydrogen-bond donors (Lipinski definition) is 2. The summed E-state index contributed by atoms with van der Waals surface area (Å²) >= 11 is 0. The van der Waals surface area contributed by atoms with Gasteiger partial charge in [-0.2, -0.15) is 0 Å². The van der Waals surface area contributed by atoms with E-state index in [1.54, 1.807) is 0 Å². The van der Waals surface area contributed by atoms with Gasteiger partial charge in [0.15, 0.2) is 9.84 Å². The second-order valence-electron chi connectivity index (χ2n) is 4.73. The predicted octanol–water partition coefficient (Wildman–Crippen LogP) is -0.335. The lowest BCUT2D eigenvalue weighted by molar-refractivity contribution is -0.120. The maximum Gasteiger partial charge on any atom is 0.238 e. The molecular formula is C10H20N2O3S. The molecule has 1 amide bonds. The number of amides is 1. The highest BCUT2D eigenvalue weighted by Gasteiger charge is 2.42. The Labute approximate surface area is 96.7 Å². The average Bonchev–Trinajstić information content (AvgIpc) is 2.93. The first-order valence-corrected chi connectivity index (χ1v) is 7.43. The molecule has 0 aromatic heterocycles. The maximum absolute atomic E-state index is 11.5. The van der Waals surface area contributed by atoms with Crippen LogP contribution in [0.3, 0.4) is 0 Å². The van der Waals surface area contributed by atoms with E-state index in [9.17, 15) is 13.2 Å². The minimum Gasteiger partial charge on any atom is -0.354 e. The van der Waals surface area contributed by atoms with Crippen LogP contribution in [0.2, 0.25) is 0 Å². The van der Waals surface area contributed by atoms with E-state index < -0.39 is 21.0 Å². The Balaban J connectivity index is 2.42. The third-order valence-corrected chi connectivity index (χ3v) is 4.78. The van der Waals surface area contributed by atoms with Crippen LogP contribution in [0.4, 0.5) is 0 Å². The molecule has 0 radical (unpaired) electrons. The molecular weight excluding hydrogens is 228 g/mol. The van der Waals surface area contributed by atoms with Crippen molar-refractivity contribution in [1.29, 1.82) is 0 Å². The van der Waals surface area contributed by atoms with Crippen molar-refractivity contribution in [3.05, 3.63) is 0 Å². The van der Waals surface area contributed by atoms with Crippen LogP contribution in [0.15, 0.2) is 0 Å². The fourth-order valence-electron chi connectivity index (χ4n) is 1.61. The molecule has 1 fully saturated rings. The van der Waals surface area contributed by atoms with Gasteiger partial charge in [0.1, 0.15) is 5.25 Å². The third kappa shape index (κ3) is 3.45. The van der Waals surface area contributed by atoms with Gasteiger partial charge in [-0.1, -0.05) is 0 Å². The average molecular weight is 248 g/mol. The van der Waals surface area contributed by atoms with Crippen molar-refractivity contribution in [3.8, 4) is 0 Å². The summed E-state index contributed by atoms with van der Waals surface area (Å²) in [6.07, 6.45) is 4.10. The van der Waals surface area contributed by atoms with Crippen LogP contribution in [0.5, 0.6) is 0 Å². The molecule has 1 saturated carbocycles. The smallest absolute Gasteiger partial charge is 0.238 e. The van der Waals surface area contributed by atoms with Gasteiger partial charge in [-0.25, -0.2) is 8.42 Å². The first-order valence-electron chi connectivity index (χ1n) is 5.47. The van der Waals surface area contributed by atoms with Crippen LogP contribution >= 0.6 is 0 Å². The summed E-state index contributed by atoms with van der Waals surface area (Å²) in [6, 6.07) is 0. The number of carbonyl (C=O) groups is 1. The fourth-order valence-corrected chi connectivity index (χ4v) is 2.08. The molecule has 0 aromatic rings. The summed E-state index contributed by atoms with van der Waals surface area (Å²) in [5.74, 6) is -0.411. The standard InChI is InChI=1S/C10H20N2O3S/c1-8(16(2,14)15)9(13)12-7-10(3-4-10)5-6-11/h8H,3-7,11H2,1-2H3,(H,12,13). The molecule has 16 heavy (non-hydrogen) atoms. The van der Waals surface area contributed by atoms with E-state index >= 15 is 0 Å². The summed E-state index contributed by atoms with van der Waals surface area (Å²) in [6.45, 7) is 2.56. The molecule has 0 bridgehead atoms. The largest absolute Gasteiger partial charge is 0.354 e. The second-order valence-corrected chi connectivity index (χ2v) is 7.09. The Morgan fingerprint density at radius 2 is 2.06 bits per heavy atom. The molecule has 1 rings (SSSR count). The van der Waals surface area contributed by atoms with Crippen molar-refractivity contribution in [2.24, 2.45) is 11.1 Å². The lowest BCUT2D eigenvalue weighted by Gasteiger charge is -2.16. The van der Waals surface area contributed by atoms with Crippen molar-refractivity contribution >= 4 is 15.7 Å². The van der Waals surface area contributed by atoms with Crippen LogP contribution in [-0.2, 0) is 14.6 Å². The molecule has 0 aliphatic heterocycles. The van der Waals surface area contributed by atoms with E-state index in [2.05, 4.69) is 5.32 Å². The topological polar surface area (TPSA) is 89.3 Å². The second kappa shape index (κ2) is 4.71. The summed E-state index contributed by atoms with van der Waals surface area (Å²) < 4.78 is 22.3. The molecule has 1 aliphatic rings. The minimum absolute atomic E-state index is 0.141. The van der Waals surface area contributed by atoms with Gasteiger partial charge in [-0.15, -0.1) is 0 Å². The SMILES string of the molecule is CC(C(=O)NCC1(CCN)CC1)S(C)(=O)=O. The zero-order valence-corrected chi connectivity index (χ0v) is 10.6. The molecule has 5 nitrogen and oxygen atoms in total. The predicted molar refractivity (Wildman–Crippen MR) is 62.7 cm³/mol.